The van der Waals surface area contributed by atoms with Crippen LogP contribution in [0.4, 0.5) is 0 Å². The summed E-state index contributed by atoms with van der Waals surface area (Å²) in [7, 11) is 0. The van der Waals surface area contributed by atoms with Gasteiger partial charge < -0.3 is 4.90 Å². The molecule has 0 radical (unpaired) electrons. The Hall–Kier alpha value is -1.19. The maximum atomic E-state index is 11.6. The quantitative estimate of drug-likeness (QED) is 0.525. The van der Waals surface area contributed by atoms with Crippen LogP contribution in [0.15, 0.2) is 0 Å². The molecule has 2 rings (SSSR count). The molecule has 1 amide bonds. The average molecular weight is 181 g/mol. The number of hydrogen-bond acceptors (Lipinski definition) is 3. The van der Waals surface area contributed by atoms with Crippen LogP contribution >= 0.6 is 0 Å². The van der Waals surface area contributed by atoms with Crippen molar-refractivity contribution < 1.29 is 14.4 Å². The van der Waals surface area contributed by atoms with Gasteiger partial charge in [-0.25, -0.2) is 0 Å². The van der Waals surface area contributed by atoms with Gasteiger partial charge in [0, 0.05) is 6.54 Å². The van der Waals surface area contributed by atoms with Gasteiger partial charge in [-0.3, -0.25) is 14.4 Å². The molecule has 0 N–H and O–H groups in total. The largest absolute Gasteiger partial charge is 0.332 e. The van der Waals surface area contributed by atoms with E-state index >= 15 is 0 Å². The van der Waals surface area contributed by atoms with Crippen molar-refractivity contribution in [3.63, 3.8) is 0 Å². The zero-order chi connectivity index (χ0) is 9.59. The summed E-state index contributed by atoms with van der Waals surface area (Å²) in [6, 6.07) is -0.290. The number of carbonyl (C=O) groups excluding carboxylic acids is 3. The molecule has 2 heterocycles. The highest BCUT2D eigenvalue weighted by molar-refractivity contribution is 6.23. The highest BCUT2D eigenvalue weighted by atomic mass is 16.2. The van der Waals surface area contributed by atoms with Crippen LogP contribution in [0.25, 0.3) is 0 Å². The standard InChI is InChI=1S/C9H11NO3/c1-5(11)7-8(12)6-3-2-4-10(6)9(7)13/h6-7H,2-4H2,1H3. The van der Waals surface area contributed by atoms with Crippen molar-refractivity contribution in [2.45, 2.75) is 25.8 Å². The molecule has 0 spiro atoms. The van der Waals surface area contributed by atoms with Crippen LogP contribution in [0.3, 0.4) is 0 Å². The maximum Gasteiger partial charge on any atom is 0.241 e. The second-order valence-electron chi connectivity index (χ2n) is 3.64. The van der Waals surface area contributed by atoms with Crippen molar-refractivity contribution in [1.82, 2.24) is 4.90 Å². The van der Waals surface area contributed by atoms with Crippen LogP contribution in [0.1, 0.15) is 19.8 Å². The van der Waals surface area contributed by atoms with Crippen molar-refractivity contribution in [3.8, 4) is 0 Å². The Labute approximate surface area is 75.9 Å². The molecule has 0 aliphatic carbocycles. The van der Waals surface area contributed by atoms with Crippen LogP contribution in [-0.4, -0.2) is 35.0 Å². The molecule has 70 valence electrons. The van der Waals surface area contributed by atoms with E-state index in [1.54, 1.807) is 4.90 Å². The predicted molar refractivity (Wildman–Crippen MR) is 43.9 cm³/mol. The van der Waals surface area contributed by atoms with E-state index < -0.39 is 5.92 Å². The lowest BCUT2D eigenvalue weighted by molar-refractivity contribution is -0.138. The van der Waals surface area contributed by atoms with Crippen LogP contribution in [-0.2, 0) is 14.4 Å². The molecule has 0 saturated carbocycles. The first-order valence-electron chi connectivity index (χ1n) is 4.47. The topological polar surface area (TPSA) is 54.5 Å². The number of hydrogen-bond donors (Lipinski definition) is 0. The molecule has 4 heteroatoms. The molecular formula is C9H11NO3. The Bertz CT molecular complexity index is 275. The van der Waals surface area contributed by atoms with Crippen molar-refractivity contribution in [2.75, 3.05) is 6.54 Å². The van der Waals surface area contributed by atoms with Gasteiger partial charge in [-0.1, -0.05) is 0 Å². The third kappa shape index (κ3) is 1.01. The van der Waals surface area contributed by atoms with Crippen LogP contribution in [0.5, 0.6) is 0 Å². The average Bonchev–Trinajstić information content (AvgIpc) is 2.56. The molecule has 4 nitrogen and oxygen atoms in total. The van der Waals surface area contributed by atoms with E-state index in [4.69, 9.17) is 0 Å². The minimum absolute atomic E-state index is 0.185. The van der Waals surface area contributed by atoms with Crippen LogP contribution in [0.2, 0.25) is 0 Å². The molecule has 2 aliphatic heterocycles. The van der Waals surface area contributed by atoms with Crippen molar-refractivity contribution in [2.24, 2.45) is 5.92 Å². The van der Waals surface area contributed by atoms with Gasteiger partial charge in [0.2, 0.25) is 5.91 Å². The van der Waals surface area contributed by atoms with Crippen molar-refractivity contribution >= 4 is 17.5 Å². The summed E-state index contributed by atoms with van der Waals surface area (Å²) >= 11 is 0. The Morgan fingerprint density at radius 1 is 1.46 bits per heavy atom. The van der Waals surface area contributed by atoms with Crippen molar-refractivity contribution in [1.29, 1.82) is 0 Å². The zero-order valence-corrected chi connectivity index (χ0v) is 7.45. The van der Waals surface area contributed by atoms with Gasteiger partial charge >= 0.3 is 0 Å². The Morgan fingerprint density at radius 2 is 2.15 bits per heavy atom. The van der Waals surface area contributed by atoms with Gasteiger partial charge in [0.15, 0.2) is 11.7 Å². The van der Waals surface area contributed by atoms with Gasteiger partial charge in [-0.2, -0.15) is 0 Å². The fraction of sp³-hybridized carbons (Fsp3) is 0.667. The first-order chi connectivity index (χ1) is 6.13. The molecule has 2 fully saturated rings. The van der Waals surface area contributed by atoms with E-state index in [1.165, 1.54) is 6.92 Å². The summed E-state index contributed by atoms with van der Waals surface area (Å²) in [6.45, 7) is 1.95. The van der Waals surface area contributed by atoms with Gasteiger partial charge in [-0.05, 0) is 19.8 Å². The minimum Gasteiger partial charge on any atom is -0.332 e. The molecule has 0 bridgehead atoms. The summed E-state index contributed by atoms with van der Waals surface area (Å²) in [6.07, 6.45) is 1.61. The molecule has 2 unspecified atom stereocenters. The zero-order valence-electron chi connectivity index (χ0n) is 7.45. The van der Waals surface area contributed by atoms with Gasteiger partial charge in [0.1, 0.15) is 5.78 Å². The third-order valence-corrected chi connectivity index (χ3v) is 2.80. The van der Waals surface area contributed by atoms with E-state index in [2.05, 4.69) is 0 Å². The van der Waals surface area contributed by atoms with Crippen molar-refractivity contribution in [3.05, 3.63) is 0 Å². The lowest BCUT2D eigenvalue weighted by atomic mass is 9.98. The van der Waals surface area contributed by atoms with Gasteiger partial charge in [0.25, 0.3) is 0 Å². The highest BCUT2D eigenvalue weighted by Crippen LogP contribution is 2.29. The summed E-state index contributed by atoms with van der Waals surface area (Å²) in [4.78, 5) is 35.7. The van der Waals surface area contributed by atoms with E-state index in [9.17, 15) is 14.4 Å². The van der Waals surface area contributed by atoms with Crippen LogP contribution < -0.4 is 0 Å². The second-order valence-corrected chi connectivity index (χ2v) is 3.64. The number of fused-ring (bicyclic) bond motifs is 1. The van der Waals surface area contributed by atoms with Crippen LogP contribution in [0, 0.1) is 5.92 Å². The minimum atomic E-state index is -0.981. The van der Waals surface area contributed by atoms with E-state index in [0.717, 1.165) is 12.8 Å². The van der Waals surface area contributed by atoms with E-state index in [1.807, 2.05) is 0 Å². The first kappa shape index (κ1) is 8.41. The molecule has 0 aromatic heterocycles. The Kier molecular flexibility index (Phi) is 1.71. The smallest absolute Gasteiger partial charge is 0.241 e. The highest BCUT2D eigenvalue weighted by Gasteiger charge is 2.50. The lowest BCUT2D eigenvalue weighted by Gasteiger charge is -2.12. The summed E-state index contributed by atoms with van der Waals surface area (Å²) < 4.78 is 0. The lowest BCUT2D eigenvalue weighted by Crippen LogP contribution is -2.30. The summed E-state index contributed by atoms with van der Waals surface area (Å²) in [5.41, 5.74) is 0. The SMILES string of the molecule is CC(=O)C1C(=O)C2CCCN2C1=O. The molecule has 2 saturated heterocycles. The number of nitrogens with zero attached hydrogens (tertiary/aromatic N) is 1. The van der Waals surface area contributed by atoms with E-state index in [-0.39, 0.29) is 23.5 Å². The fourth-order valence-electron chi connectivity index (χ4n) is 2.18. The number of rotatable bonds is 1. The van der Waals surface area contributed by atoms with E-state index in [0.29, 0.717) is 6.54 Å². The first-order valence-corrected chi connectivity index (χ1v) is 4.47. The Morgan fingerprint density at radius 3 is 2.69 bits per heavy atom. The molecule has 0 aromatic carbocycles. The summed E-state index contributed by atoms with van der Waals surface area (Å²) in [5.74, 6) is -1.76. The van der Waals surface area contributed by atoms with Gasteiger partial charge in [-0.15, -0.1) is 0 Å². The molecular weight excluding hydrogens is 170 g/mol. The predicted octanol–water partition coefficient (Wildman–Crippen LogP) is -0.235. The molecule has 2 atom stereocenters. The number of ketones is 2. The molecule has 2 aliphatic rings. The molecule has 13 heavy (non-hydrogen) atoms. The molecule has 0 aromatic rings. The fourth-order valence-corrected chi connectivity index (χ4v) is 2.18. The monoisotopic (exact) mass is 181 g/mol. The third-order valence-electron chi connectivity index (χ3n) is 2.80. The summed E-state index contributed by atoms with van der Waals surface area (Å²) in [5, 5.41) is 0. The Balaban J connectivity index is 2.31. The maximum absolute atomic E-state index is 11.6. The van der Waals surface area contributed by atoms with Gasteiger partial charge in [0.05, 0.1) is 6.04 Å². The normalized spacial score (nSPS) is 32.5. The number of carbonyl (C=O) groups is 3. The number of Topliss-reactive ketones (excluding diaryl/α,β-unsaturated/α-hetero) is 2. The second kappa shape index (κ2) is 2.65. The number of amides is 1.